The number of benzene rings is 1. The molecule has 0 amide bonds. The molecule has 1 heterocycles. The van der Waals surface area contributed by atoms with Crippen LogP contribution in [0.25, 0.3) is 0 Å². The van der Waals surface area contributed by atoms with Gasteiger partial charge in [0.05, 0.1) is 0 Å². The summed E-state index contributed by atoms with van der Waals surface area (Å²) in [5, 5.41) is 0.808. The standard InChI is InChI=1S/C14H21ClN2/c1-11(17-8-2-3-14(17)10-16)9-12-4-6-13(15)7-5-12/h4-7,11,14H,2-3,8-10,16H2,1H3. The van der Waals surface area contributed by atoms with E-state index in [2.05, 4.69) is 24.0 Å². The zero-order chi connectivity index (χ0) is 12.3. The van der Waals surface area contributed by atoms with Crippen molar-refractivity contribution < 1.29 is 0 Å². The first kappa shape index (κ1) is 12.9. The fraction of sp³-hybridized carbons (Fsp3) is 0.571. The molecular formula is C14H21ClN2. The summed E-state index contributed by atoms with van der Waals surface area (Å²) in [5.41, 5.74) is 7.17. The van der Waals surface area contributed by atoms with E-state index in [0.29, 0.717) is 12.1 Å². The summed E-state index contributed by atoms with van der Waals surface area (Å²) in [7, 11) is 0. The van der Waals surface area contributed by atoms with E-state index in [1.807, 2.05) is 12.1 Å². The Hall–Kier alpha value is -0.570. The minimum absolute atomic E-state index is 0.562. The third kappa shape index (κ3) is 3.21. The Labute approximate surface area is 109 Å². The average Bonchev–Trinajstić information content (AvgIpc) is 2.80. The minimum Gasteiger partial charge on any atom is -0.329 e. The number of rotatable bonds is 4. The molecular weight excluding hydrogens is 232 g/mol. The van der Waals surface area contributed by atoms with E-state index in [1.165, 1.54) is 24.9 Å². The first-order chi connectivity index (χ1) is 8.20. The van der Waals surface area contributed by atoms with Gasteiger partial charge in [-0.2, -0.15) is 0 Å². The predicted octanol–water partition coefficient (Wildman–Crippen LogP) is 2.69. The Morgan fingerprint density at radius 1 is 1.41 bits per heavy atom. The molecule has 94 valence electrons. The molecule has 0 radical (unpaired) electrons. The zero-order valence-corrected chi connectivity index (χ0v) is 11.2. The lowest BCUT2D eigenvalue weighted by atomic mass is 10.1. The number of likely N-dealkylation sites (tertiary alicyclic amines) is 1. The SMILES string of the molecule is CC(Cc1ccc(Cl)cc1)N1CCCC1CN. The van der Waals surface area contributed by atoms with E-state index >= 15 is 0 Å². The zero-order valence-electron chi connectivity index (χ0n) is 10.4. The predicted molar refractivity (Wildman–Crippen MR) is 73.4 cm³/mol. The van der Waals surface area contributed by atoms with Crippen LogP contribution in [0.4, 0.5) is 0 Å². The summed E-state index contributed by atoms with van der Waals surface area (Å²) in [6, 6.07) is 9.31. The van der Waals surface area contributed by atoms with Gasteiger partial charge in [0.1, 0.15) is 0 Å². The van der Waals surface area contributed by atoms with Crippen molar-refractivity contribution in [3.05, 3.63) is 34.9 Å². The molecule has 2 N–H and O–H groups in total. The lowest BCUT2D eigenvalue weighted by Gasteiger charge is -2.30. The lowest BCUT2D eigenvalue weighted by molar-refractivity contribution is 0.194. The van der Waals surface area contributed by atoms with E-state index in [1.54, 1.807) is 0 Å². The highest BCUT2D eigenvalue weighted by molar-refractivity contribution is 6.30. The Morgan fingerprint density at radius 2 is 2.12 bits per heavy atom. The van der Waals surface area contributed by atoms with Crippen LogP contribution in [-0.2, 0) is 6.42 Å². The second-order valence-corrected chi connectivity index (χ2v) is 5.39. The third-order valence-electron chi connectivity index (χ3n) is 3.71. The van der Waals surface area contributed by atoms with Crippen molar-refractivity contribution in [1.29, 1.82) is 0 Å². The number of nitrogens with zero attached hydrogens (tertiary/aromatic N) is 1. The number of nitrogens with two attached hydrogens (primary N) is 1. The molecule has 2 rings (SSSR count). The molecule has 0 aliphatic carbocycles. The maximum Gasteiger partial charge on any atom is 0.0406 e. The van der Waals surface area contributed by atoms with Gasteiger partial charge in [-0.1, -0.05) is 23.7 Å². The molecule has 1 fully saturated rings. The van der Waals surface area contributed by atoms with Crippen LogP contribution >= 0.6 is 11.6 Å². The van der Waals surface area contributed by atoms with Crippen LogP contribution in [0.15, 0.2) is 24.3 Å². The summed E-state index contributed by atoms with van der Waals surface area (Å²) in [4.78, 5) is 2.55. The Kier molecular flexibility index (Phi) is 4.43. The van der Waals surface area contributed by atoms with Crippen LogP contribution in [-0.4, -0.2) is 30.1 Å². The van der Waals surface area contributed by atoms with Gasteiger partial charge in [0, 0.05) is 23.7 Å². The summed E-state index contributed by atoms with van der Waals surface area (Å²) in [5.74, 6) is 0. The third-order valence-corrected chi connectivity index (χ3v) is 3.96. The van der Waals surface area contributed by atoms with E-state index in [0.717, 1.165) is 18.0 Å². The van der Waals surface area contributed by atoms with Gasteiger partial charge in [-0.05, 0) is 50.4 Å². The molecule has 17 heavy (non-hydrogen) atoms. The van der Waals surface area contributed by atoms with Gasteiger partial charge in [-0.3, -0.25) is 4.90 Å². The molecule has 0 saturated carbocycles. The maximum atomic E-state index is 5.89. The van der Waals surface area contributed by atoms with Crippen molar-refractivity contribution in [3.63, 3.8) is 0 Å². The molecule has 0 spiro atoms. The average molecular weight is 253 g/mol. The largest absolute Gasteiger partial charge is 0.329 e. The van der Waals surface area contributed by atoms with E-state index in [4.69, 9.17) is 17.3 Å². The molecule has 1 aliphatic rings. The van der Waals surface area contributed by atoms with Crippen LogP contribution in [0.5, 0.6) is 0 Å². The molecule has 3 heteroatoms. The highest BCUT2D eigenvalue weighted by Gasteiger charge is 2.27. The van der Waals surface area contributed by atoms with Gasteiger partial charge in [-0.15, -0.1) is 0 Å². The van der Waals surface area contributed by atoms with Crippen LogP contribution in [0.3, 0.4) is 0 Å². The lowest BCUT2D eigenvalue weighted by Crippen LogP contribution is -2.42. The van der Waals surface area contributed by atoms with E-state index in [9.17, 15) is 0 Å². The van der Waals surface area contributed by atoms with Crippen LogP contribution in [0, 0.1) is 0 Å². The molecule has 1 aromatic rings. The van der Waals surface area contributed by atoms with E-state index in [-0.39, 0.29) is 0 Å². The van der Waals surface area contributed by atoms with Crippen molar-refractivity contribution in [3.8, 4) is 0 Å². The fourth-order valence-electron chi connectivity index (χ4n) is 2.77. The molecule has 1 aliphatic heterocycles. The monoisotopic (exact) mass is 252 g/mol. The van der Waals surface area contributed by atoms with Gasteiger partial charge in [-0.25, -0.2) is 0 Å². The van der Waals surface area contributed by atoms with Gasteiger partial charge in [0.25, 0.3) is 0 Å². The van der Waals surface area contributed by atoms with Crippen molar-refractivity contribution in [2.45, 2.75) is 38.3 Å². The Balaban J connectivity index is 1.96. The molecule has 2 nitrogen and oxygen atoms in total. The van der Waals surface area contributed by atoms with Gasteiger partial charge in [0.2, 0.25) is 0 Å². The van der Waals surface area contributed by atoms with Crippen molar-refractivity contribution in [1.82, 2.24) is 4.90 Å². The highest BCUT2D eigenvalue weighted by Crippen LogP contribution is 2.21. The Morgan fingerprint density at radius 3 is 2.76 bits per heavy atom. The molecule has 2 unspecified atom stereocenters. The molecule has 1 aromatic carbocycles. The number of hydrogen-bond donors (Lipinski definition) is 1. The first-order valence-corrected chi connectivity index (χ1v) is 6.78. The van der Waals surface area contributed by atoms with Crippen molar-refractivity contribution >= 4 is 11.6 Å². The summed E-state index contributed by atoms with van der Waals surface area (Å²) >= 11 is 5.89. The van der Waals surface area contributed by atoms with E-state index < -0.39 is 0 Å². The first-order valence-electron chi connectivity index (χ1n) is 6.41. The van der Waals surface area contributed by atoms with Crippen LogP contribution in [0.2, 0.25) is 5.02 Å². The smallest absolute Gasteiger partial charge is 0.0406 e. The molecule has 0 aromatic heterocycles. The van der Waals surface area contributed by atoms with Crippen molar-refractivity contribution in [2.24, 2.45) is 5.73 Å². The quantitative estimate of drug-likeness (QED) is 0.893. The minimum atomic E-state index is 0.562. The second-order valence-electron chi connectivity index (χ2n) is 4.95. The fourth-order valence-corrected chi connectivity index (χ4v) is 2.90. The Bertz CT molecular complexity index is 350. The van der Waals surface area contributed by atoms with Gasteiger partial charge < -0.3 is 5.73 Å². The number of hydrogen-bond acceptors (Lipinski definition) is 2. The summed E-state index contributed by atoms with van der Waals surface area (Å²) in [6.45, 7) is 4.27. The molecule has 0 bridgehead atoms. The highest BCUT2D eigenvalue weighted by atomic mass is 35.5. The normalized spacial score (nSPS) is 22.9. The van der Waals surface area contributed by atoms with Crippen molar-refractivity contribution in [2.75, 3.05) is 13.1 Å². The summed E-state index contributed by atoms with van der Waals surface area (Å²) < 4.78 is 0. The van der Waals surface area contributed by atoms with Crippen LogP contribution in [0.1, 0.15) is 25.3 Å². The van der Waals surface area contributed by atoms with Crippen LogP contribution < -0.4 is 5.73 Å². The maximum absolute atomic E-state index is 5.89. The summed E-state index contributed by atoms with van der Waals surface area (Å²) in [6.07, 6.45) is 3.61. The van der Waals surface area contributed by atoms with Gasteiger partial charge in [0.15, 0.2) is 0 Å². The topological polar surface area (TPSA) is 29.3 Å². The van der Waals surface area contributed by atoms with Gasteiger partial charge >= 0.3 is 0 Å². The molecule has 2 atom stereocenters. The number of halogens is 1. The second kappa shape index (κ2) is 5.85. The molecule has 1 saturated heterocycles.